The zero-order valence-electron chi connectivity index (χ0n) is 13.3. The van der Waals surface area contributed by atoms with Crippen LogP contribution in [0, 0.1) is 5.92 Å². The lowest BCUT2D eigenvalue weighted by atomic mass is 9.85. The van der Waals surface area contributed by atoms with E-state index in [-0.39, 0.29) is 12.1 Å². The Kier molecular flexibility index (Phi) is 3.88. The molecule has 0 bridgehead atoms. The van der Waals surface area contributed by atoms with E-state index in [0.717, 1.165) is 24.4 Å². The van der Waals surface area contributed by atoms with Crippen LogP contribution >= 0.6 is 0 Å². The molecule has 0 amide bonds. The summed E-state index contributed by atoms with van der Waals surface area (Å²) in [6.45, 7) is 5.08. The zero-order chi connectivity index (χ0) is 15.7. The molecule has 3 rings (SSSR count). The van der Waals surface area contributed by atoms with Gasteiger partial charge in [-0.2, -0.15) is 0 Å². The van der Waals surface area contributed by atoms with Crippen molar-refractivity contribution in [3.05, 3.63) is 36.0 Å². The van der Waals surface area contributed by atoms with E-state index >= 15 is 0 Å². The van der Waals surface area contributed by atoms with Gasteiger partial charge in [0.05, 0.1) is 7.11 Å². The fourth-order valence-electron chi connectivity index (χ4n) is 3.13. The molecule has 0 radical (unpaired) electrons. The van der Waals surface area contributed by atoms with Gasteiger partial charge in [0.25, 0.3) is 0 Å². The average Bonchev–Trinajstić information content (AvgIpc) is 2.54. The summed E-state index contributed by atoms with van der Waals surface area (Å²) >= 11 is 0. The Hall–Kier alpha value is -2.30. The molecule has 22 heavy (non-hydrogen) atoms. The maximum atomic E-state index is 5.83. The van der Waals surface area contributed by atoms with Crippen molar-refractivity contribution < 1.29 is 4.74 Å². The van der Waals surface area contributed by atoms with Gasteiger partial charge in [-0.25, -0.2) is 9.98 Å². The van der Waals surface area contributed by atoms with Crippen molar-refractivity contribution in [1.82, 2.24) is 4.90 Å². The Balaban J connectivity index is 1.94. The molecule has 0 fully saturated rings. The Morgan fingerprint density at radius 2 is 2.05 bits per heavy atom. The second-order valence-electron chi connectivity index (χ2n) is 5.68. The lowest BCUT2D eigenvalue weighted by molar-refractivity contribution is 0.239. The molecule has 5 nitrogen and oxygen atoms in total. The summed E-state index contributed by atoms with van der Waals surface area (Å²) in [4.78, 5) is 11.1. The summed E-state index contributed by atoms with van der Waals surface area (Å²) in [5.74, 6) is 1.55. The first-order valence-electron chi connectivity index (χ1n) is 7.61. The van der Waals surface area contributed by atoms with Crippen LogP contribution < -0.4 is 10.5 Å². The SMILES string of the molecule is CCN1C=C(c2ccc(OC)cc2)CC2C(C)=NC(N)=NC21. The second-order valence-corrected chi connectivity index (χ2v) is 5.68. The van der Waals surface area contributed by atoms with Gasteiger partial charge >= 0.3 is 0 Å². The lowest BCUT2D eigenvalue weighted by Gasteiger charge is -2.40. The molecule has 2 atom stereocenters. The normalized spacial score (nSPS) is 24.1. The number of nitrogens with two attached hydrogens (primary N) is 1. The number of benzene rings is 1. The highest BCUT2D eigenvalue weighted by atomic mass is 16.5. The molecule has 116 valence electrons. The number of hydrogen-bond acceptors (Lipinski definition) is 5. The third-order valence-corrected chi connectivity index (χ3v) is 4.38. The molecule has 2 heterocycles. The van der Waals surface area contributed by atoms with Gasteiger partial charge in [0, 0.05) is 24.4 Å². The molecule has 1 aromatic rings. The molecule has 0 saturated heterocycles. The topological polar surface area (TPSA) is 63.2 Å². The number of methoxy groups -OCH3 is 1. The standard InChI is InChI=1S/C17H22N4O/c1-4-21-10-13(12-5-7-14(22-3)8-6-12)9-15-11(2)19-17(18)20-16(15)21/h5-8,10,15-16H,4,9H2,1-3H3,(H2,18,20). The molecule has 0 aliphatic carbocycles. The zero-order valence-corrected chi connectivity index (χ0v) is 13.3. The third-order valence-electron chi connectivity index (χ3n) is 4.38. The minimum absolute atomic E-state index is 0.0736. The number of rotatable bonds is 3. The first-order valence-corrected chi connectivity index (χ1v) is 7.61. The van der Waals surface area contributed by atoms with E-state index in [0.29, 0.717) is 5.96 Å². The quantitative estimate of drug-likeness (QED) is 0.932. The molecule has 2 N–H and O–H groups in total. The summed E-state index contributed by atoms with van der Waals surface area (Å²) in [5, 5.41) is 0. The Bertz CT molecular complexity index is 645. The minimum Gasteiger partial charge on any atom is -0.497 e. The van der Waals surface area contributed by atoms with Crippen LogP contribution in [0.3, 0.4) is 0 Å². The number of ether oxygens (including phenoxy) is 1. The Morgan fingerprint density at radius 1 is 1.32 bits per heavy atom. The molecule has 0 spiro atoms. The predicted molar refractivity (Wildman–Crippen MR) is 90.0 cm³/mol. The monoisotopic (exact) mass is 298 g/mol. The van der Waals surface area contributed by atoms with Crippen LogP contribution in [0.2, 0.25) is 0 Å². The van der Waals surface area contributed by atoms with Crippen molar-refractivity contribution in [2.75, 3.05) is 13.7 Å². The van der Waals surface area contributed by atoms with Crippen molar-refractivity contribution in [2.24, 2.45) is 21.6 Å². The van der Waals surface area contributed by atoms with E-state index in [2.05, 4.69) is 40.1 Å². The maximum absolute atomic E-state index is 5.83. The number of allylic oxidation sites excluding steroid dienone is 1. The number of aliphatic imine (C=N–C) groups is 2. The largest absolute Gasteiger partial charge is 0.497 e. The van der Waals surface area contributed by atoms with Crippen molar-refractivity contribution in [3.63, 3.8) is 0 Å². The first-order chi connectivity index (χ1) is 10.6. The first kappa shape index (κ1) is 14.6. The number of guanidine groups is 1. The van der Waals surface area contributed by atoms with Crippen molar-refractivity contribution in [3.8, 4) is 5.75 Å². The van der Waals surface area contributed by atoms with E-state index in [1.165, 1.54) is 11.1 Å². The Labute approximate surface area is 131 Å². The molecule has 2 aliphatic rings. The highest BCUT2D eigenvalue weighted by Gasteiger charge is 2.35. The second kappa shape index (κ2) is 5.83. The van der Waals surface area contributed by atoms with Crippen LogP contribution in [0.5, 0.6) is 5.75 Å². The summed E-state index contributed by atoms with van der Waals surface area (Å²) in [5.41, 5.74) is 9.41. The lowest BCUT2D eigenvalue weighted by Crippen LogP contribution is -2.45. The van der Waals surface area contributed by atoms with E-state index in [9.17, 15) is 0 Å². The van der Waals surface area contributed by atoms with Gasteiger partial charge in [0.2, 0.25) is 5.96 Å². The van der Waals surface area contributed by atoms with Crippen LogP contribution in [0.15, 0.2) is 40.5 Å². The maximum Gasteiger partial charge on any atom is 0.217 e. The van der Waals surface area contributed by atoms with Crippen LogP contribution in [0.4, 0.5) is 0 Å². The Morgan fingerprint density at radius 3 is 2.68 bits per heavy atom. The predicted octanol–water partition coefficient (Wildman–Crippen LogP) is 2.49. The summed E-state index contributed by atoms with van der Waals surface area (Å²) in [6.07, 6.45) is 3.21. The van der Waals surface area contributed by atoms with Crippen molar-refractivity contribution in [2.45, 2.75) is 26.4 Å². The third kappa shape index (κ3) is 2.58. The van der Waals surface area contributed by atoms with Gasteiger partial charge in [0.15, 0.2) is 0 Å². The number of fused-ring (bicyclic) bond motifs is 1. The summed E-state index contributed by atoms with van der Waals surface area (Å²) in [7, 11) is 1.68. The summed E-state index contributed by atoms with van der Waals surface area (Å²) < 4.78 is 5.23. The van der Waals surface area contributed by atoms with Gasteiger partial charge in [0.1, 0.15) is 11.9 Å². The molecule has 1 aromatic carbocycles. The van der Waals surface area contributed by atoms with Crippen LogP contribution in [-0.4, -0.2) is 36.4 Å². The highest BCUT2D eigenvalue weighted by Crippen LogP contribution is 2.35. The molecule has 2 unspecified atom stereocenters. The molecular formula is C17H22N4O. The molecular weight excluding hydrogens is 276 g/mol. The van der Waals surface area contributed by atoms with Gasteiger partial charge in [-0.05, 0) is 43.5 Å². The average molecular weight is 298 g/mol. The van der Waals surface area contributed by atoms with Gasteiger partial charge in [-0.1, -0.05) is 12.1 Å². The fourth-order valence-corrected chi connectivity index (χ4v) is 3.13. The highest BCUT2D eigenvalue weighted by molar-refractivity contribution is 5.99. The van der Waals surface area contributed by atoms with Crippen LogP contribution in [0.1, 0.15) is 25.8 Å². The van der Waals surface area contributed by atoms with Crippen molar-refractivity contribution in [1.29, 1.82) is 0 Å². The van der Waals surface area contributed by atoms with E-state index in [1.54, 1.807) is 7.11 Å². The molecule has 0 saturated carbocycles. The fraction of sp³-hybridized carbons (Fsp3) is 0.412. The molecule has 2 aliphatic heterocycles. The van der Waals surface area contributed by atoms with Crippen LogP contribution in [0.25, 0.3) is 5.57 Å². The van der Waals surface area contributed by atoms with E-state index in [4.69, 9.17) is 10.5 Å². The van der Waals surface area contributed by atoms with E-state index in [1.807, 2.05) is 19.1 Å². The van der Waals surface area contributed by atoms with Gasteiger partial charge < -0.3 is 15.4 Å². The van der Waals surface area contributed by atoms with Gasteiger partial charge in [-0.15, -0.1) is 0 Å². The number of nitrogens with zero attached hydrogens (tertiary/aromatic N) is 3. The van der Waals surface area contributed by atoms with Gasteiger partial charge in [-0.3, -0.25) is 0 Å². The molecule has 0 aromatic heterocycles. The van der Waals surface area contributed by atoms with E-state index < -0.39 is 0 Å². The number of hydrogen-bond donors (Lipinski definition) is 1. The van der Waals surface area contributed by atoms with Crippen LogP contribution in [-0.2, 0) is 0 Å². The van der Waals surface area contributed by atoms with Crippen molar-refractivity contribution >= 4 is 17.2 Å². The minimum atomic E-state index is 0.0736. The summed E-state index contributed by atoms with van der Waals surface area (Å²) in [6, 6.07) is 8.20. The smallest absolute Gasteiger partial charge is 0.217 e. The molecule has 5 heteroatoms.